The van der Waals surface area contributed by atoms with E-state index in [1.54, 1.807) is 14.7 Å². The third kappa shape index (κ3) is 12.5. The summed E-state index contributed by atoms with van der Waals surface area (Å²) in [5.41, 5.74) is 2.70. The number of nitrogens with zero attached hydrogens (tertiary/aromatic N) is 8. The lowest BCUT2D eigenvalue weighted by Crippen LogP contribution is -2.56. The summed E-state index contributed by atoms with van der Waals surface area (Å²) < 4.78 is 94.4. The number of dihydropyridines is 1. The Labute approximate surface area is 427 Å². The molecule has 6 heterocycles. The van der Waals surface area contributed by atoms with Crippen LogP contribution in [0.25, 0.3) is 16.7 Å². The Bertz CT molecular complexity index is 2990. The number of hydrogen-bond donors (Lipinski definition) is 7. The van der Waals surface area contributed by atoms with Gasteiger partial charge in [-0.3, -0.25) is 45.9 Å². The van der Waals surface area contributed by atoms with Gasteiger partial charge in [0.05, 0.1) is 28.9 Å². The summed E-state index contributed by atoms with van der Waals surface area (Å²) in [5, 5.41) is 35.8. The van der Waals surface area contributed by atoms with E-state index >= 15 is 8.78 Å². The van der Waals surface area contributed by atoms with E-state index in [4.69, 9.17) is 21.0 Å². The number of fused-ring (bicyclic) bond motifs is 2. The number of carbonyl (C=O) groups is 2. The zero-order valence-electron chi connectivity index (χ0n) is 41.0. The molecule has 2 aromatic heterocycles. The van der Waals surface area contributed by atoms with Gasteiger partial charge in [-0.25, -0.2) is 41.3 Å². The van der Waals surface area contributed by atoms with Crippen LogP contribution in [0.1, 0.15) is 50.5 Å². The fourth-order valence-electron chi connectivity index (χ4n) is 9.34. The number of anilines is 2. The van der Waals surface area contributed by atoms with Crippen LogP contribution in [-0.2, 0) is 14.3 Å². The lowest BCUT2D eigenvalue weighted by atomic mass is 9.92. The standard InChI is InChI=1S/C50H57F6N15O4/c1-30-27-70(39-11-9-31(51)23-35(39)53)44-33(42(30)73)25-37(55)47(62-44)67-19-21-69(22-20-67)65-49(58)61-14-8-6-4-2-3-5-7-13-60-48(57)64-50(59)68-17-15-66(16-18-68)46-38(56)26-34-43(74)41(75-29-72)28-71(45(34)63-46)40-12-10-32(52)24-36(40)54/h9-12,23-29,34,45H,2-8,13-22H2,1H3,(H3,58,61,65)(H4,57,59,60,64). The molecule has 0 amide bonds. The number of Topliss-reactive ketones (excluding diaryl/α,β-unsaturated/α-hetero) is 1. The van der Waals surface area contributed by atoms with Crippen molar-refractivity contribution in [2.45, 2.75) is 58.0 Å². The number of aliphatic imine (C=N–C) groups is 1. The zero-order chi connectivity index (χ0) is 53.3. The molecule has 25 heteroatoms. The Morgan fingerprint density at radius 2 is 1.35 bits per heavy atom. The summed E-state index contributed by atoms with van der Waals surface area (Å²) in [7, 11) is 0. The van der Waals surface area contributed by atoms with E-state index in [-0.39, 0.29) is 90.2 Å². The van der Waals surface area contributed by atoms with Crippen molar-refractivity contribution in [2.75, 3.05) is 75.2 Å². The van der Waals surface area contributed by atoms with E-state index < -0.39 is 64.0 Å². The van der Waals surface area contributed by atoms with E-state index in [1.807, 2.05) is 5.01 Å². The quantitative estimate of drug-likeness (QED) is 0.0250. The maximum Gasteiger partial charge on any atom is 0.298 e. The number of guanidine groups is 3. The van der Waals surface area contributed by atoms with Gasteiger partial charge in [0.25, 0.3) is 6.47 Å². The summed E-state index contributed by atoms with van der Waals surface area (Å²) in [4.78, 5) is 52.4. The minimum Gasteiger partial charge on any atom is -0.423 e. The molecule has 19 nitrogen and oxygen atoms in total. The number of nitrogens with one attached hydrogen (secondary N) is 7. The maximum atomic E-state index is 15.6. The molecule has 0 radical (unpaired) electrons. The third-order valence-corrected chi connectivity index (χ3v) is 13.3. The van der Waals surface area contributed by atoms with Gasteiger partial charge in [-0.15, -0.1) is 0 Å². The van der Waals surface area contributed by atoms with Gasteiger partial charge in [0.1, 0.15) is 29.4 Å². The Hall–Kier alpha value is -7.96. The molecule has 2 aromatic carbocycles. The average Bonchev–Trinajstić information content (AvgIpc) is 3.39. The van der Waals surface area contributed by atoms with Crippen LogP contribution in [0.2, 0.25) is 0 Å². The van der Waals surface area contributed by atoms with Crippen LogP contribution in [0.4, 0.5) is 37.8 Å². The number of halogens is 6. The number of aryl methyl sites for hydroxylation is 1. The molecule has 398 valence electrons. The van der Waals surface area contributed by atoms with E-state index in [2.05, 4.69) is 31.4 Å². The highest BCUT2D eigenvalue weighted by Gasteiger charge is 2.43. The molecule has 2 unspecified atom stereocenters. The van der Waals surface area contributed by atoms with Gasteiger partial charge < -0.3 is 35.0 Å². The van der Waals surface area contributed by atoms with Gasteiger partial charge in [0.2, 0.25) is 11.7 Å². The van der Waals surface area contributed by atoms with Crippen molar-refractivity contribution >= 4 is 58.5 Å². The first-order valence-electron chi connectivity index (χ1n) is 24.6. The summed E-state index contributed by atoms with van der Waals surface area (Å²) in [6.07, 6.45) is 9.06. The number of hydrazine groups is 1. The van der Waals surface area contributed by atoms with Gasteiger partial charge >= 0.3 is 0 Å². The van der Waals surface area contributed by atoms with Crippen LogP contribution >= 0.6 is 0 Å². The van der Waals surface area contributed by atoms with Crippen molar-refractivity contribution in [1.29, 1.82) is 16.2 Å². The van der Waals surface area contributed by atoms with E-state index in [9.17, 15) is 31.9 Å². The summed E-state index contributed by atoms with van der Waals surface area (Å²) in [6.45, 7) is 5.28. The lowest BCUT2D eigenvalue weighted by Gasteiger charge is -2.41. The lowest BCUT2D eigenvalue weighted by molar-refractivity contribution is -0.132. The molecular formula is C50H57F6N15O4. The fraction of sp³-hybridized carbons (Fsp3) is 0.400. The van der Waals surface area contributed by atoms with E-state index in [0.29, 0.717) is 45.3 Å². The minimum absolute atomic E-state index is 0.00110. The van der Waals surface area contributed by atoms with Crippen molar-refractivity contribution in [1.82, 2.24) is 45.7 Å². The number of amidine groups is 1. The first-order valence-corrected chi connectivity index (χ1v) is 24.6. The first kappa shape index (κ1) is 53.3. The molecule has 4 aromatic rings. The number of carbonyl (C=O) groups excluding carboxylic acids is 2. The minimum atomic E-state index is -1.27. The predicted molar refractivity (Wildman–Crippen MR) is 270 cm³/mol. The van der Waals surface area contributed by atoms with Crippen molar-refractivity contribution in [2.24, 2.45) is 10.9 Å². The molecule has 8 rings (SSSR count). The van der Waals surface area contributed by atoms with Crippen molar-refractivity contribution in [3.63, 3.8) is 0 Å². The molecule has 2 saturated heterocycles. The van der Waals surface area contributed by atoms with Crippen LogP contribution in [0.3, 0.4) is 0 Å². The smallest absolute Gasteiger partial charge is 0.298 e. The number of ether oxygens (including phenoxy) is 1. The highest BCUT2D eigenvalue weighted by molar-refractivity contribution is 6.05. The van der Waals surface area contributed by atoms with Crippen molar-refractivity contribution in [3.8, 4) is 5.69 Å². The fourth-order valence-corrected chi connectivity index (χ4v) is 9.34. The second-order valence-electron chi connectivity index (χ2n) is 18.4. The largest absolute Gasteiger partial charge is 0.423 e. The molecule has 2 fully saturated rings. The number of pyridine rings is 2. The highest BCUT2D eigenvalue weighted by atomic mass is 19.2. The second kappa shape index (κ2) is 23.9. The van der Waals surface area contributed by atoms with Crippen LogP contribution in [0, 0.1) is 58.2 Å². The summed E-state index contributed by atoms with van der Waals surface area (Å²) in [6, 6.07) is 6.99. The van der Waals surface area contributed by atoms with Gasteiger partial charge in [0, 0.05) is 89.3 Å². The number of ketones is 1. The van der Waals surface area contributed by atoms with Gasteiger partial charge in [-0.1, -0.05) is 32.1 Å². The Kier molecular flexibility index (Phi) is 17.0. The number of piperazine rings is 2. The van der Waals surface area contributed by atoms with Crippen LogP contribution in [0.15, 0.2) is 82.3 Å². The summed E-state index contributed by atoms with van der Waals surface area (Å²) >= 11 is 0. The summed E-state index contributed by atoms with van der Waals surface area (Å²) in [5.74, 6) is -7.33. The molecule has 0 saturated carbocycles. The van der Waals surface area contributed by atoms with E-state index in [1.165, 1.54) is 28.7 Å². The molecule has 0 aliphatic carbocycles. The number of aromatic nitrogens is 2. The molecule has 0 spiro atoms. The van der Waals surface area contributed by atoms with Gasteiger partial charge in [0.15, 0.2) is 52.1 Å². The normalized spacial score (nSPS) is 18.0. The Morgan fingerprint density at radius 1 is 0.747 bits per heavy atom. The SMILES string of the molecule is Cc1cn(-c2ccc(F)cc2F)c2nc(N3CCN(NC(=N)NCCCCCCCCCNC(=N)NC(=N)N4CCN(C5=NC6C(C=C5F)C(=O)C(OC=O)=CN6c5ccc(F)cc5F)CC4)CC3)c(F)cc2c1=O. The maximum absolute atomic E-state index is 15.6. The highest BCUT2D eigenvalue weighted by Crippen LogP contribution is 2.36. The molecule has 4 aliphatic heterocycles. The number of allylic oxidation sites excluding steroid dienone is 1. The Balaban J connectivity index is 0.677. The number of rotatable bonds is 16. The second-order valence-corrected chi connectivity index (χ2v) is 18.4. The molecule has 0 bridgehead atoms. The number of benzene rings is 2. The van der Waals surface area contributed by atoms with Crippen LogP contribution < -0.4 is 36.6 Å². The number of hydrogen-bond acceptors (Lipinski definition) is 13. The van der Waals surface area contributed by atoms with Crippen LogP contribution in [0.5, 0.6) is 0 Å². The molecule has 4 aliphatic rings. The topological polar surface area (TPSA) is 226 Å². The van der Waals surface area contributed by atoms with Crippen molar-refractivity contribution in [3.05, 3.63) is 117 Å². The molecule has 7 N–H and O–H groups in total. The molecule has 2 atom stereocenters. The Morgan fingerprint density at radius 3 is 1.97 bits per heavy atom. The molecule has 75 heavy (non-hydrogen) atoms. The first-order chi connectivity index (χ1) is 36.1. The predicted octanol–water partition coefficient (Wildman–Crippen LogP) is 5.25. The van der Waals surface area contributed by atoms with Crippen LogP contribution in [-0.4, -0.2) is 132 Å². The average molecular weight is 1050 g/mol. The molecular weight excluding hydrogens is 989 g/mol. The zero-order valence-corrected chi connectivity index (χ0v) is 41.0. The van der Waals surface area contributed by atoms with E-state index in [0.717, 1.165) is 87.6 Å². The monoisotopic (exact) mass is 1050 g/mol. The van der Waals surface area contributed by atoms with Gasteiger partial charge in [-0.05, 0) is 56.2 Å². The van der Waals surface area contributed by atoms with Gasteiger partial charge in [-0.2, -0.15) is 0 Å². The van der Waals surface area contributed by atoms with Crippen molar-refractivity contribution < 1.29 is 40.7 Å². The number of unbranched alkanes of at least 4 members (excludes halogenated alkanes) is 6. The third-order valence-electron chi connectivity index (χ3n) is 13.3.